The van der Waals surface area contributed by atoms with Crippen LogP contribution in [0.3, 0.4) is 0 Å². The fourth-order valence-corrected chi connectivity index (χ4v) is 2.08. The zero-order valence-corrected chi connectivity index (χ0v) is 11.8. The number of rotatable bonds is 4. The van der Waals surface area contributed by atoms with Crippen LogP contribution in [-0.2, 0) is 11.2 Å². The van der Waals surface area contributed by atoms with Gasteiger partial charge in [0.2, 0.25) is 5.75 Å². The molecule has 0 aromatic heterocycles. The largest absolute Gasteiger partial charge is 0.418 e. The molecule has 0 aliphatic heterocycles. The maximum absolute atomic E-state index is 11.2. The number of carbonyl (C=O) groups excluding carboxylic acids is 1. The Morgan fingerprint density at radius 3 is 2.50 bits per heavy atom. The molecule has 110 valence electrons. The molecule has 0 atom stereocenters. The van der Waals surface area contributed by atoms with Crippen molar-refractivity contribution in [1.29, 1.82) is 5.26 Å². The molecule has 0 saturated heterocycles. The Morgan fingerprint density at radius 1 is 1.27 bits per heavy atom. The molecule has 0 fully saturated rings. The molecule has 2 aromatic carbocycles. The zero-order chi connectivity index (χ0) is 16.1. The summed E-state index contributed by atoms with van der Waals surface area (Å²) in [5.74, 6) is -1.02. The van der Waals surface area contributed by atoms with Gasteiger partial charge in [-0.3, -0.25) is 14.9 Å². The van der Waals surface area contributed by atoms with Crippen LogP contribution in [0.2, 0.25) is 0 Å². The van der Waals surface area contributed by atoms with Gasteiger partial charge in [-0.25, -0.2) is 0 Å². The van der Waals surface area contributed by atoms with Crippen LogP contribution < -0.4 is 4.74 Å². The molecule has 0 radical (unpaired) electrons. The van der Waals surface area contributed by atoms with Crippen molar-refractivity contribution in [3.63, 3.8) is 0 Å². The molecule has 6 heteroatoms. The van der Waals surface area contributed by atoms with Crippen LogP contribution in [0.25, 0.3) is 0 Å². The Balaban J connectivity index is 2.50. The lowest BCUT2D eigenvalue weighted by Gasteiger charge is -2.08. The highest BCUT2D eigenvalue weighted by atomic mass is 16.6. The second kappa shape index (κ2) is 6.50. The third-order valence-electron chi connectivity index (χ3n) is 2.94. The van der Waals surface area contributed by atoms with Crippen LogP contribution >= 0.6 is 0 Å². The Morgan fingerprint density at radius 2 is 1.95 bits per heavy atom. The highest BCUT2D eigenvalue weighted by Crippen LogP contribution is 2.33. The summed E-state index contributed by atoms with van der Waals surface area (Å²) in [6.45, 7) is 1.13. The molecular formula is C16H12N2O4. The normalized spacial score (nSPS) is 9.82. The Kier molecular flexibility index (Phi) is 4.49. The quantitative estimate of drug-likeness (QED) is 0.374. The van der Waals surface area contributed by atoms with Crippen LogP contribution in [-0.4, -0.2) is 10.9 Å². The average Bonchev–Trinajstić information content (AvgIpc) is 2.48. The monoisotopic (exact) mass is 296 g/mol. The third-order valence-corrected chi connectivity index (χ3v) is 2.94. The van der Waals surface area contributed by atoms with Crippen LogP contribution in [0, 0.1) is 21.4 Å². The third kappa shape index (κ3) is 3.46. The van der Waals surface area contributed by atoms with Gasteiger partial charge in [0.15, 0.2) is 0 Å². The van der Waals surface area contributed by atoms with Gasteiger partial charge in [0.05, 0.1) is 4.92 Å². The summed E-state index contributed by atoms with van der Waals surface area (Å²) in [7, 11) is 0. The summed E-state index contributed by atoms with van der Waals surface area (Å²) in [6.07, 6.45) is 0.441. The number of benzene rings is 2. The van der Waals surface area contributed by atoms with Gasteiger partial charge >= 0.3 is 11.7 Å². The van der Waals surface area contributed by atoms with Crippen LogP contribution in [0.1, 0.15) is 23.6 Å². The van der Waals surface area contributed by atoms with E-state index in [4.69, 9.17) is 10.00 Å². The van der Waals surface area contributed by atoms with E-state index >= 15 is 0 Å². The first kappa shape index (κ1) is 15.2. The second-order valence-corrected chi connectivity index (χ2v) is 4.62. The van der Waals surface area contributed by atoms with Gasteiger partial charge in [0.25, 0.3) is 0 Å². The lowest BCUT2D eigenvalue weighted by atomic mass is 10.0. The summed E-state index contributed by atoms with van der Waals surface area (Å²) >= 11 is 0. The molecule has 22 heavy (non-hydrogen) atoms. The molecule has 0 amide bonds. The van der Waals surface area contributed by atoms with Crippen molar-refractivity contribution in [2.75, 3.05) is 0 Å². The van der Waals surface area contributed by atoms with Gasteiger partial charge in [-0.05, 0) is 23.6 Å². The van der Waals surface area contributed by atoms with Gasteiger partial charge in [-0.1, -0.05) is 30.3 Å². The number of ether oxygens (including phenoxy) is 1. The highest BCUT2D eigenvalue weighted by Gasteiger charge is 2.23. The maximum atomic E-state index is 11.2. The van der Waals surface area contributed by atoms with Crippen molar-refractivity contribution < 1.29 is 14.5 Å². The molecule has 0 aliphatic carbocycles. The van der Waals surface area contributed by atoms with E-state index < -0.39 is 10.9 Å². The Hall–Kier alpha value is -3.20. The van der Waals surface area contributed by atoms with E-state index in [2.05, 4.69) is 0 Å². The Labute approximate surface area is 126 Å². The van der Waals surface area contributed by atoms with Gasteiger partial charge < -0.3 is 4.74 Å². The van der Waals surface area contributed by atoms with Crippen molar-refractivity contribution >= 4 is 11.7 Å². The van der Waals surface area contributed by atoms with Gasteiger partial charge in [-0.15, -0.1) is 0 Å². The van der Waals surface area contributed by atoms with E-state index in [1.54, 1.807) is 0 Å². The summed E-state index contributed by atoms with van der Waals surface area (Å²) in [5, 5.41) is 20.3. The van der Waals surface area contributed by atoms with E-state index in [0.717, 1.165) is 12.5 Å². The van der Waals surface area contributed by atoms with Crippen LogP contribution in [0.5, 0.6) is 5.75 Å². The van der Waals surface area contributed by atoms with Gasteiger partial charge in [0, 0.05) is 13.0 Å². The summed E-state index contributed by atoms with van der Waals surface area (Å²) < 4.78 is 4.83. The van der Waals surface area contributed by atoms with Crippen LogP contribution in [0.15, 0.2) is 42.5 Å². The lowest BCUT2D eigenvalue weighted by Crippen LogP contribution is -2.07. The van der Waals surface area contributed by atoms with Gasteiger partial charge in [0.1, 0.15) is 11.6 Å². The second-order valence-electron chi connectivity index (χ2n) is 4.62. The Bertz CT molecular complexity index is 764. The van der Waals surface area contributed by atoms with E-state index in [1.165, 1.54) is 12.1 Å². The number of nitro groups is 1. The van der Waals surface area contributed by atoms with E-state index in [-0.39, 0.29) is 17.0 Å². The highest BCUT2D eigenvalue weighted by molar-refractivity contribution is 5.73. The minimum atomic E-state index is -0.713. The van der Waals surface area contributed by atoms with Crippen molar-refractivity contribution in [2.24, 2.45) is 0 Å². The lowest BCUT2D eigenvalue weighted by molar-refractivity contribution is -0.385. The first-order valence-corrected chi connectivity index (χ1v) is 6.45. The molecule has 0 bridgehead atoms. The number of nitriles is 1. The predicted molar refractivity (Wildman–Crippen MR) is 78.4 cm³/mol. The van der Waals surface area contributed by atoms with E-state index in [0.29, 0.717) is 12.0 Å². The average molecular weight is 296 g/mol. The van der Waals surface area contributed by atoms with Crippen molar-refractivity contribution in [1.82, 2.24) is 0 Å². The minimum absolute atomic E-state index is 0.0321. The van der Waals surface area contributed by atoms with E-state index in [1.807, 2.05) is 36.4 Å². The van der Waals surface area contributed by atoms with E-state index in [9.17, 15) is 14.9 Å². The molecule has 0 saturated carbocycles. The van der Waals surface area contributed by atoms with Crippen LogP contribution in [0.4, 0.5) is 5.69 Å². The topological polar surface area (TPSA) is 93.2 Å². The van der Waals surface area contributed by atoms with Crippen molar-refractivity contribution in [3.8, 4) is 11.8 Å². The minimum Gasteiger partial charge on any atom is -0.418 e. The van der Waals surface area contributed by atoms with Crippen molar-refractivity contribution in [3.05, 3.63) is 69.3 Å². The smallest absolute Gasteiger partial charge is 0.313 e. The maximum Gasteiger partial charge on any atom is 0.313 e. The number of hydrogen-bond donors (Lipinski definition) is 0. The molecule has 2 rings (SSSR count). The summed E-state index contributed by atoms with van der Waals surface area (Å²) in [6, 6.07) is 14.0. The molecule has 0 N–H and O–H groups in total. The molecular weight excluding hydrogens is 284 g/mol. The molecule has 0 spiro atoms. The molecule has 2 aromatic rings. The molecule has 6 nitrogen and oxygen atoms in total. The fourth-order valence-electron chi connectivity index (χ4n) is 2.08. The molecule has 0 aliphatic rings. The number of esters is 1. The number of hydrogen-bond acceptors (Lipinski definition) is 5. The van der Waals surface area contributed by atoms with Crippen molar-refractivity contribution in [2.45, 2.75) is 13.3 Å². The number of nitrogens with zero attached hydrogens (tertiary/aromatic N) is 2. The predicted octanol–water partition coefficient (Wildman–Crippen LogP) is 2.98. The fraction of sp³-hybridized carbons (Fsp3) is 0.125. The summed E-state index contributed by atoms with van der Waals surface area (Å²) in [4.78, 5) is 21.6. The first-order valence-electron chi connectivity index (χ1n) is 6.45. The summed E-state index contributed by atoms with van der Waals surface area (Å²) in [5.41, 5.74) is 1.14. The molecule has 0 heterocycles. The number of nitro benzene ring substituents is 1. The number of carbonyl (C=O) groups is 1. The van der Waals surface area contributed by atoms with Gasteiger partial charge in [-0.2, -0.15) is 5.26 Å². The SMILES string of the molecule is CC(=O)Oc1c(C#N)cc(Cc2ccccc2)cc1[N+](=O)[O-]. The first-order chi connectivity index (χ1) is 10.5. The zero-order valence-electron chi connectivity index (χ0n) is 11.8. The molecule has 0 unspecified atom stereocenters. The standard InChI is InChI=1S/C16H12N2O4/c1-11(19)22-16-14(10-17)8-13(9-15(16)18(20)21)7-12-5-3-2-4-6-12/h2-6,8-9H,7H2,1H3.